The molecule has 0 aromatic heterocycles. The third-order valence-corrected chi connectivity index (χ3v) is 3.40. The third kappa shape index (κ3) is 2.69. The Kier molecular flexibility index (Phi) is 3.57. The van der Waals surface area contributed by atoms with Crippen molar-refractivity contribution in [1.29, 1.82) is 0 Å². The maximum Gasteiger partial charge on any atom is 0.116 e. The summed E-state index contributed by atoms with van der Waals surface area (Å²) in [6.45, 7) is 12.4. The lowest BCUT2D eigenvalue weighted by Crippen LogP contribution is -2.51. The van der Waals surface area contributed by atoms with E-state index in [1.165, 1.54) is 0 Å². The number of likely N-dealkylation sites (tertiary alicyclic amines) is 1. The van der Waals surface area contributed by atoms with E-state index < -0.39 is 6.17 Å². The van der Waals surface area contributed by atoms with Crippen molar-refractivity contribution in [1.82, 2.24) is 4.90 Å². The SMILES string of the molecule is CC(C)[C@@H]1CCN(C(C)(C)C)C[C@@H]1F. The molecule has 84 valence electrons. The average molecular weight is 201 g/mol. The van der Waals surface area contributed by atoms with Crippen molar-refractivity contribution in [3.63, 3.8) is 0 Å². The van der Waals surface area contributed by atoms with E-state index in [0.717, 1.165) is 13.0 Å². The van der Waals surface area contributed by atoms with Crippen LogP contribution in [0.1, 0.15) is 41.0 Å². The van der Waals surface area contributed by atoms with Gasteiger partial charge in [-0.2, -0.15) is 0 Å². The Morgan fingerprint density at radius 2 is 1.86 bits per heavy atom. The van der Waals surface area contributed by atoms with Gasteiger partial charge in [-0.1, -0.05) is 13.8 Å². The van der Waals surface area contributed by atoms with Crippen LogP contribution in [0.15, 0.2) is 0 Å². The molecule has 1 nitrogen and oxygen atoms in total. The summed E-state index contributed by atoms with van der Waals surface area (Å²) < 4.78 is 13.8. The van der Waals surface area contributed by atoms with Gasteiger partial charge in [-0.25, -0.2) is 4.39 Å². The average Bonchev–Trinajstić information content (AvgIpc) is 2.01. The molecular weight excluding hydrogens is 177 g/mol. The van der Waals surface area contributed by atoms with Crippen LogP contribution < -0.4 is 0 Å². The minimum Gasteiger partial charge on any atom is -0.296 e. The van der Waals surface area contributed by atoms with Crippen LogP contribution in [0.4, 0.5) is 4.39 Å². The van der Waals surface area contributed by atoms with Gasteiger partial charge < -0.3 is 0 Å². The zero-order valence-corrected chi connectivity index (χ0v) is 10.2. The molecule has 0 amide bonds. The van der Waals surface area contributed by atoms with E-state index in [9.17, 15) is 4.39 Å². The molecule has 1 saturated heterocycles. The van der Waals surface area contributed by atoms with Crippen LogP contribution in [0.3, 0.4) is 0 Å². The van der Waals surface area contributed by atoms with Gasteiger partial charge in [0.15, 0.2) is 0 Å². The van der Waals surface area contributed by atoms with E-state index in [1.54, 1.807) is 0 Å². The second kappa shape index (κ2) is 4.18. The van der Waals surface area contributed by atoms with Crippen LogP contribution in [0.25, 0.3) is 0 Å². The maximum atomic E-state index is 13.8. The second-order valence-corrected chi connectivity index (χ2v) is 5.83. The normalized spacial score (nSPS) is 31.1. The fourth-order valence-corrected chi connectivity index (χ4v) is 2.28. The predicted octanol–water partition coefficient (Wildman–Crippen LogP) is 3.10. The molecule has 1 rings (SSSR count). The molecule has 1 aliphatic heterocycles. The summed E-state index contributed by atoms with van der Waals surface area (Å²) in [6.07, 6.45) is 0.374. The molecule has 0 aromatic carbocycles. The number of halogens is 1. The standard InChI is InChI=1S/C12H24FN/c1-9(2)10-6-7-14(8-11(10)13)12(3,4)5/h9-11H,6-8H2,1-5H3/t10-,11-/m0/s1. The van der Waals surface area contributed by atoms with Crippen LogP contribution in [0, 0.1) is 11.8 Å². The minimum atomic E-state index is -0.636. The summed E-state index contributed by atoms with van der Waals surface area (Å²) in [6, 6.07) is 0. The fraction of sp³-hybridized carbons (Fsp3) is 1.00. The Hall–Kier alpha value is -0.110. The molecule has 2 atom stereocenters. The first-order valence-electron chi connectivity index (χ1n) is 5.71. The lowest BCUT2D eigenvalue weighted by Gasteiger charge is -2.43. The van der Waals surface area contributed by atoms with Crippen molar-refractivity contribution in [2.45, 2.75) is 52.8 Å². The summed E-state index contributed by atoms with van der Waals surface area (Å²) in [5, 5.41) is 0. The molecule has 1 heterocycles. The zero-order valence-electron chi connectivity index (χ0n) is 10.2. The van der Waals surface area contributed by atoms with Crippen molar-refractivity contribution < 1.29 is 4.39 Å². The van der Waals surface area contributed by atoms with Crippen LogP contribution in [-0.4, -0.2) is 29.7 Å². The highest BCUT2D eigenvalue weighted by atomic mass is 19.1. The van der Waals surface area contributed by atoms with Gasteiger partial charge in [0.05, 0.1) is 0 Å². The summed E-state index contributed by atoms with van der Waals surface area (Å²) in [5.41, 5.74) is 0.117. The van der Waals surface area contributed by atoms with Crippen LogP contribution >= 0.6 is 0 Å². The number of rotatable bonds is 1. The van der Waals surface area contributed by atoms with Gasteiger partial charge in [-0.15, -0.1) is 0 Å². The number of piperidine rings is 1. The van der Waals surface area contributed by atoms with Crippen LogP contribution in [0.2, 0.25) is 0 Å². The predicted molar refractivity (Wildman–Crippen MR) is 59.2 cm³/mol. The van der Waals surface area contributed by atoms with Crippen molar-refractivity contribution in [3.05, 3.63) is 0 Å². The number of hydrogen-bond acceptors (Lipinski definition) is 1. The molecular formula is C12H24FN. The van der Waals surface area contributed by atoms with E-state index in [1.807, 2.05) is 0 Å². The highest BCUT2D eigenvalue weighted by Crippen LogP contribution is 2.30. The van der Waals surface area contributed by atoms with Gasteiger partial charge in [0.25, 0.3) is 0 Å². The molecule has 0 unspecified atom stereocenters. The fourth-order valence-electron chi connectivity index (χ4n) is 2.28. The molecule has 2 heteroatoms. The van der Waals surface area contributed by atoms with Crippen LogP contribution in [0.5, 0.6) is 0 Å². The van der Waals surface area contributed by atoms with Gasteiger partial charge in [0.2, 0.25) is 0 Å². The third-order valence-electron chi connectivity index (χ3n) is 3.40. The lowest BCUT2D eigenvalue weighted by atomic mass is 9.84. The maximum absolute atomic E-state index is 13.8. The summed E-state index contributed by atoms with van der Waals surface area (Å²) in [5.74, 6) is 0.751. The highest BCUT2D eigenvalue weighted by Gasteiger charge is 2.35. The second-order valence-electron chi connectivity index (χ2n) is 5.83. The summed E-state index contributed by atoms with van der Waals surface area (Å²) in [4.78, 5) is 2.26. The Labute approximate surface area is 87.7 Å². The first-order chi connectivity index (χ1) is 6.32. The van der Waals surface area contributed by atoms with Gasteiger partial charge in [-0.05, 0) is 45.6 Å². The number of alkyl halides is 1. The Bertz CT molecular complexity index is 183. The summed E-state index contributed by atoms with van der Waals surface area (Å²) >= 11 is 0. The molecule has 0 aromatic rings. The van der Waals surface area contributed by atoms with Gasteiger partial charge in [0.1, 0.15) is 6.17 Å². The van der Waals surface area contributed by atoms with Crippen molar-refractivity contribution in [2.75, 3.05) is 13.1 Å². The lowest BCUT2D eigenvalue weighted by molar-refractivity contribution is 0.0133. The molecule has 0 bridgehead atoms. The van der Waals surface area contributed by atoms with E-state index in [0.29, 0.717) is 12.5 Å². The molecule has 0 aliphatic carbocycles. The van der Waals surface area contributed by atoms with Crippen molar-refractivity contribution >= 4 is 0 Å². The zero-order chi connectivity index (χ0) is 10.9. The van der Waals surface area contributed by atoms with Crippen molar-refractivity contribution in [2.24, 2.45) is 11.8 Å². The molecule has 1 fully saturated rings. The molecule has 0 saturated carbocycles. The van der Waals surface area contributed by atoms with Gasteiger partial charge >= 0.3 is 0 Å². The number of nitrogens with zero attached hydrogens (tertiary/aromatic N) is 1. The quantitative estimate of drug-likeness (QED) is 0.630. The number of hydrogen-bond donors (Lipinski definition) is 0. The molecule has 0 spiro atoms. The van der Waals surface area contributed by atoms with Crippen LogP contribution in [-0.2, 0) is 0 Å². The smallest absolute Gasteiger partial charge is 0.116 e. The van der Waals surface area contributed by atoms with E-state index in [4.69, 9.17) is 0 Å². The highest BCUT2D eigenvalue weighted by molar-refractivity contribution is 4.87. The Morgan fingerprint density at radius 1 is 1.29 bits per heavy atom. The van der Waals surface area contributed by atoms with Crippen molar-refractivity contribution in [3.8, 4) is 0 Å². The first kappa shape index (κ1) is 12.0. The molecule has 1 aliphatic rings. The Morgan fingerprint density at radius 3 is 2.21 bits per heavy atom. The first-order valence-corrected chi connectivity index (χ1v) is 5.71. The van der Waals surface area contributed by atoms with Gasteiger partial charge in [0, 0.05) is 12.1 Å². The van der Waals surface area contributed by atoms with E-state index in [-0.39, 0.29) is 11.5 Å². The molecule has 0 radical (unpaired) electrons. The van der Waals surface area contributed by atoms with E-state index in [2.05, 4.69) is 39.5 Å². The summed E-state index contributed by atoms with van der Waals surface area (Å²) in [7, 11) is 0. The molecule has 14 heavy (non-hydrogen) atoms. The van der Waals surface area contributed by atoms with Gasteiger partial charge in [-0.3, -0.25) is 4.90 Å². The monoisotopic (exact) mass is 201 g/mol. The Balaban J connectivity index is 2.55. The minimum absolute atomic E-state index is 0.117. The topological polar surface area (TPSA) is 3.24 Å². The largest absolute Gasteiger partial charge is 0.296 e. The van der Waals surface area contributed by atoms with E-state index >= 15 is 0 Å². The molecule has 0 N–H and O–H groups in total.